The van der Waals surface area contributed by atoms with Crippen molar-refractivity contribution >= 4 is 92.5 Å². The van der Waals surface area contributed by atoms with E-state index < -0.39 is 23.3 Å². The lowest BCUT2D eigenvalue weighted by Gasteiger charge is -2.46. The molecular formula is C90H108F4N26O6S. The number of piperidine rings is 4. The molecule has 0 bridgehead atoms. The zero-order valence-electron chi connectivity index (χ0n) is 72.4. The summed E-state index contributed by atoms with van der Waals surface area (Å²) < 4.78 is 74.1. The first-order valence-electron chi connectivity index (χ1n) is 42.8. The summed E-state index contributed by atoms with van der Waals surface area (Å²) in [4.78, 5) is 99.3. The van der Waals surface area contributed by atoms with Gasteiger partial charge >= 0.3 is 0 Å². The first kappa shape index (κ1) is 88.8. The number of nitrogens with zero attached hydrogens (tertiary/aromatic N) is 17. The topological polar surface area (TPSA) is 339 Å². The van der Waals surface area contributed by atoms with Gasteiger partial charge < -0.3 is 82.0 Å². The number of nitrogens with one attached hydrogen (secondary N) is 9. The first-order chi connectivity index (χ1) is 61.2. The van der Waals surface area contributed by atoms with E-state index in [0.29, 0.717) is 99.5 Å². The lowest BCUT2D eigenvalue weighted by Crippen LogP contribution is -2.59. The summed E-state index contributed by atoms with van der Waals surface area (Å²) in [7, 11) is 5.42. The second-order valence-corrected chi connectivity index (χ2v) is 34.1. The maximum absolute atomic E-state index is 15.5. The van der Waals surface area contributed by atoms with Crippen molar-refractivity contribution in [3.05, 3.63) is 210 Å². The van der Waals surface area contributed by atoms with E-state index in [9.17, 15) is 24.0 Å². The molecule has 6 saturated heterocycles. The van der Waals surface area contributed by atoms with Crippen LogP contribution in [0.25, 0.3) is 22.5 Å². The largest absolute Gasteiger partial charge is 0.378 e. The van der Waals surface area contributed by atoms with E-state index in [4.69, 9.17) is 4.74 Å². The molecule has 0 aromatic carbocycles. The van der Waals surface area contributed by atoms with Crippen molar-refractivity contribution in [3.63, 3.8) is 0 Å². The molecule has 18 heterocycles. The number of halogens is 4. The van der Waals surface area contributed by atoms with Crippen LogP contribution in [0.3, 0.4) is 0 Å². The predicted molar refractivity (Wildman–Crippen MR) is 482 cm³/mol. The molecule has 32 nitrogen and oxygen atoms in total. The van der Waals surface area contributed by atoms with E-state index >= 15 is 17.6 Å². The maximum atomic E-state index is 15.5. The van der Waals surface area contributed by atoms with Crippen LogP contribution in [0.2, 0.25) is 0 Å². The number of ether oxygens (including phenoxy) is 1. The summed E-state index contributed by atoms with van der Waals surface area (Å²) in [6, 6.07) is 6.43. The molecule has 9 N–H and O–H groups in total. The summed E-state index contributed by atoms with van der Waals surface area (Å²) in [5.74, 6) is -1.60. The zero-order chi connectivity index (χ0) is 89.8. The number of hydrogen-bond donors (Lipinski definition) is 9. The fraction of sp³-hybridized carbons (Fsp3) is 0.411. The predicted octanol–water partition coefficient (Wildman–Crippen LogP) is 10.9. The number of aryl methyl sites for hydroxylation is 3. The van der Waals surface area contributed by atoms with Crippen LogP contribution in [0.4, 0.5) is 69.0 Å². The van der Waals surface area contributed by atoms with Crippen LogP contribution in [-0.2, 0) is 49.8 Å². The fourth-order valence-electron chi connectivity index (χ4n) is 17.9. The molecule has 6 fully saturated rings. The highest BCUT2D eigenvalue weighted by Crippen LogP contribution is 2.40. The zero-order valence-corrected chi connectivity index (χ0v) is 73.2. The van der Waals surface area contributed by atoms with Crippen molar-refractivity contribution in [2.75, 3.05) is 122 Å². The van der Waals surface area contributed by atoms with Crippen LogP contribution in [0.15, 0.2) is 137 Å². The number of likely N-dealkylation sites (N-methyl/N-ethyl adjacent to an activating group) is 1. The lowest BCUT2D eigenvalue weighted by molar-refractivity contribution is -0.129. The Hall–Kier alpha value is -13.0. The number of allylic oxidation sites excluding steroid dienone is 3. The molecule has 8 aromatic rings. The quantitative estimate of drug-likeness (QED) is 0.0163. The Morgan fingerprint density at radius 2 is 1.06 bits per heavy atom. The van der Waals surface area contributed by atoms with Crippen LogP contribution in [0.5, 0.6) is 0 Å². The van der Waals surface area contributed by atoms with Gasteiger partial charge in [0.05, 0.1) is 82.9 Å². The van der Waals surface area contributed by atoms with Gasteiger partial charge in [-0.3, -0.25) is 38.2 Å². The van der Waals surface area contributed by atoms with Crippen LogP contribution in [0, 0.1) is 30.2 Å². The molecule has 10 aliphatic heterocycles. The Labute approximate surface area is 739 Å². The van der Waals surface area contributed by atoms with Crippen molar-refractivity contribution in [1.29, 1.82) is 0 Å². The highest BCUT2D eigenvalue weighted by Gasteiger charge is 2.40. The third kappa shape index (κ3) is 18.9. The molecule has 8 aromatic heterocycles. The monoisotopic (exact) mass is 1760 g/mol. The molecule has 668 valence electrons. The average Bonchev–Trinajstić information content (AvgIpc) is 1.66. The van der Waals surface area contributed by atoms with Crippen LogP contribution in [-0.4, -0.2) is 231 Å². The van der Waals surface area contributed by atoms with E-state index in [-0.39, 0.29) is 126 Å². The molecule has 0 radical (unpaired) electrons. The van der Waals surface area contributed by atoms with Gasteiger partial charge in [0.2, 0.25) is 5.91 Å². The Morgan fingerprint density at radius 3 is 1.54 bits per heavy atom. The number of carbonyl (C=O) groups excluding carboxylic acids is 5. The van der Waals surface area contributed by atoms with Gasteiger partial charge in [-0.1, -0.05) is 46.1 Å². The summed E-state index contributed by atoms with van der Waals surface area (Å²) in [5.41, 5.74) is 9.04. The molecule has 0 aliphatic carbocycles. The van der Waals surface area contributed by atoms with Gasteiger partial charge in [0.1, 0.15) is 22.5 Å². The van der Waals surface area contributed by atoms with Crippen molar-refractivity contribution in [2.45, 2.75) is 141 Å². The molecule has 18 rings (SSSR count). The van der Waals surface area contributed by atoms with E-state index in [1.165, 1.54) is 17.6 Å². The molecule has 5 amide bonds. The minimum Gasteiger partial charge on any atom is -0.378 e. The van der Waals surface area contributed by atoms with Crippen molar-refractivity contribution in [2.24, 2.45) is 14.1 Å². The second-order valence-electron chi connectivity index (χ2n) is 33.3. The van der Waals surface area contributed by atoms with Crippen molar-refractivity contribution in [3.8, 4) is 22.5 Å². The number of pyridine rings is 5. The molecule has 10 aliphatic rings. The Bertz CT molecular complexity index is 5630. The number of hydrogen-bond acceptors (Lipinski definition) is 26. The smallest absolute Gasteiger partial charge is 0.255 e. The van der Waals surface area contributed by atoms with Gasteiger partial charge in [0.15, 0.2) is 46.5 Å². The number of amides is 5. The van der Waals surface area contributed by atoms with E-state index in [1.54, 1.807) is 71.4 Å². The van der Waals surface area contributed by atoms with Crippen molar-refractivity contribution < 1.29 is 46.3 Å². The molecule has 0 spiro atoms. The summed E-state index contributed by atoms with van der Waals surface area (Å²) >= 11 is 1.27. The van der Waals surface area contributed by atoms with E-state index in [0.717, 1.165) is 144 Å². The molecule has 6 unspecified atom stereocenters. The van der Waals surface area contributed by atoms with Gasteiger partial charge in [-0.15, -0.1) is 0 Å². The van der Waals surface area contributed by atoms with Gasteiger partial charge in [-0.2, -0.15) is 14.6 Å². The highest BCUT2D eigenvalue weighted by molar-refractivity contribution is 7.10. The third-order valence-corrected chi connectivity index (χ3v) is 25.8. The third-order valence-electron chi connectivity index (χ3n) is 25.0. The van der Waals surface area contributed by atoms with Gasteiger partial charge in [0, 0.05) is 212 Å². The molecule has 0 saturated carbocycles. The summed E-state index contributed by atoms with van der Waals surface area (Å²) in [6.45, 7) is 43.6. The van der Waals surface area contributed by atoms with Gasteiger partial charge in [0.25, 0.3) is 23.6 Å². The minimum atomic E-state index is -0.537. The second kappa shape index (κ2) is 38.4. The first-order valence-corrected chi connectivity index (χ1v) is 43.6. The fourth-order valence-corrected chi connectivity index (χ4v) is 18.5. The number of anilines is 9. The van der Waals surface area contributed by atoms with Crippen LogP contribution >= 0.6 is 11.5 Å². The Kier molecular flexibility index (Phi) is 26.9. The number of piperazine rings is 1. The minimum absolute atomic E-state index is 0.0138. The molecule has 127 heavy (non-hydrogen) atoms. The van der Waals surface area contributed by atoms with Crippen LogP contribution < -0.4 is 57.7 Å². The molecule has 37 heteroatoms. The number of carbonyl (C=O) groups is 5. The Morgan fingerprint density at radius 1 is 0.567 bits per heavy atom. The summed E-state index contributed by atoms with van der Waals surface area (Å²) in [6.07, 6.45) is 22.3. The Balaban J connectivity index is 0.000000132. The number of aromatic nitrogens is 10. The lowest BCUT2D eigenvalue weighted by atomic mass is 9.96. The molecular weight excluding hydrogens is 1650 g/mol. The number of fused-ring (bicyclic) bond motifs is 4. The standard InChI is InChI=1S/C29H37FN8O2.C21H25FN6O.C20H23FN6O2.C20H23FN6OS/c1-4-18(2)36-9-5-6-20(15-36)33-28-26(30)23-13-32-29(39)25(23)27(35-28)34-24-8-7-21(12-31-24)38-11-10-37(14-19(38)3)22-16-40-17-22;1-5-13(2)28-8-6-7-15(12-28)27(4)20-18(22)16-10-23-21(29)17(16)19(25-20)14-9-24-26(3)11-14;1-4-15(28)27-7-5-6-14(11(27)2)24-19-17(21)13-9-22-20(29)16(13)18(25-19)12-8-23-26(3)10-12;1-4-12(3)27-7-5-6-13(10-27)23-19-17(21)14-9-22-20(28)16(14)18(25-19)24-15-8-11(2)26-29-15/h4,7-8,12,19-20,22H,1-2,5-6,9-11,13-17H2,3H3,(H,32,39)(H2,31,33,34,35);5,9,11,15H,1-2,6-8,10,12H2,3-4H3,(H,23,29);4,8,10-11,14H,1,5-7,9H2,2-3H3,(H,22,29)(H,24,25);4,8,13H,1,3,5-7,9-10H2,2H3,(H,22,28)(H2,23,24,25). The molecule has 6 atom stereocenters. The number of likely N-dealkylation sites (tertiary alicyclic amines) is 4. The van der Waals surface area contributed by atoms with Crippen LogP contribution in [0.1, 0.15) is 135 Å². The average molecular weight is 1760 g/mol. The van der Waals surface area contributed by atoms with E-state index in [1.807, 2.05) is 50.2 Å². The maximum Gasteiger partial charge on any atom is 0.255 e. The normalized spacial score (nSPS) is 20.5. The van der Waals surface area contributed by atoms with Gasteiger partial charge in [-0.25, -0.2) is 42.5 Å². The summed E-state index contributed by atoms with van der Waals surface area (Å²) in [5, 5.41) is 35.9. The van der Waals surface area contributed by atoms with Crippen molar-refractivity contribution in [1.82, 2.24) is 94.6 Å². The highest BCUT2D eigenvalue weighted by atomic mass is 32.1. The van der Waals surface area contributed by atoms with Gasteiger partial charge in [-0.05, 0) is 126 Å². The number of rotatable bonds is 23. The van der Waals surface area contributed by atoms with E-state index in [2.05, 4.69) is 165 Å². The SMILES string of the molecule is C=CC(=C)N1CCCC(N(C)c2nc(-c3cnn(C)c3)c3c(c2F)CNC3=O)C1.C=CC(=C)N1CCCC(Nc2nc(Nc3cc(C)ns3)c3c(c2F)CNC3=O)C1.C=CC(=C)N1CCCC(Nc2nc(Nc3ccc(N4CCN(C5COC5)CC4C)cn3)c3c(c2F)CNC3=O)C1.C=CC(=O)N1CCCC(Nc2nc(-c3cnn(C)c3)c3c(c2F)CNC3=O)C1C.